The number of amides is 2. The maximum absolute atomic E-state index is 13.1. The number of aromatic nitrogens is 1. The zero-order chi connectivity index (χ0) is 22.9. The van der Waals surface area contributed by atoms with E-state index in [1.807, 2.05) is 0 Å². The molecule has 0 atom stereocenters. The van der Waals surface area contributed by atoms with E-state index in [9.17, 15) is 9.59 Å². The minimum absolute atomic E-state index is 0.0312. The van der Waals surface area contributed by atoms with E-state index < -0.39 is 11.8 Å². The Balaban J connectivity index is 1.90. The first-order chi connectivity index (χ1) is 15.5. The number of carbonyl (C=O) groups excluding carboxylic acids is 2. The fourth-order valence-electron chi connectivity index (χ4n) is 2.90. The number of anilines is 1. The second-order valence-corrected chi connectivity index (χ2v) is 6.52. The summed E-state index contributed by atoms with van der Waals surface area (Å²) in [5, 5.41) is 5.44. The Kier molecular flexibility index (Phi) is 7.42. The summed E-state index contributed by atoms with van der Waals surface area (Å²) < 4.78 is 15.7. The zero-order valence-corrected chi connectivity index (χ0v) is 17.9. The monoisotopic (exact) mass is 433 g/mol. The van der Waals surface area contributed by atoms with Crippen LogP contribution in [-0.4, -0.2) is 38.1 Å². The molecule has 0 bridgehead atoms. The molecule has 0 unspecified atom stereocenters. The molecule has 3 rings (SSSR count). The average Bonchev–Trinajstić information content (AvgIpc) is 2.84. The van der Waals surface area contributed by atoms with Gasteiger partial charge in [-0.1, -0.05) is 18.2 Å². The van der Waals surface area contributed by atoms with Crippen LogP contribution in [0.15, 0.2) is 72.7 Å². The fourth-order valence-corrected chi connectivity index (χ4v) is 2.90. The number of carbonyl (C=O) groups is 2. The highest BCUT2D eigenvalue weighted by Crippen LogP contribution is 2.28. The molecule has 2 N–H and O–H groups in total. The summed E-state index contributed by atoms with van der Waals surface area (Å²) >= 11 is 0. The van der Waals surface area contributed by atoms with Gasteiger partial charge in [-0.25, -0.2) is 0 Å². The van der Waals surface area contributed by atoms with Crippen LogP contribution in [0.4, 0.5) is 5.69 Å². The Morgan fingerprint density at radius 1 is 0.875 bits per heavy atom. The van der Waals surface area contributed by atoms with Gasteiger partial charge in [-0.2, -0.15) is 0 Å². The van der Waals surface area contributed by atoms with Gasteiger partial charge < -0.3 is 24.8 Å². The quantitative estimate of drug-likeness (QED) is 0.528. The Hall–Kier alpha value is -4.33. The van der Waals surface area contributed by atoms with Gasteiger partial charge in [0.05, 0.1) is 27.0 Å². The zero-order valence-electron chi connectivity index (χ0n) is 17.9. The molecule has 0 spiro atoms. The van der Waals surface area contributed by atoms with Crippen molar-refractivity contribution in [3.8, 4) is 17.2 Å². The Morgan fingerprint density at radius 2 is 1.62 bits per heavy atom. The molecule has 0 aliphatic carbocycles. The van der Waals surface area contributed by atoms with Gasteiger partial charge in [0.1, 0.15) is 11.4 Å². The van der Waals surface area contributed by atoms with Crippen LogP contribution in [0.3, 0.4) is 0 Å². The summed E-state index contributed by atoms with van der Waals surface area (Å²) in [5.74, 6) is 0.372. The predicted octanol–water partition coefficient (Wildman–Crippen LogP) is 3.52. The number of rotatable bonds is 8. The summed E-state index contributed by atoms with van der Waals surface area (Å²) in [6.07, 6.45) is 4.74. The molecular formula is C24H23N3O5. The van der Waals surface area contributed by atoms with Crippen molar-refractivity contribution in [3.63, 3.8) is 0 Å². The molecule has 0 radical (unpaired) electrons. The van der Waals surface area contributed by atoms with Crippen molar-refractivity contribution in [1.82, 2.24) is 10.3 Å². The van der Waals surface area contributed by atoms with Crippen molar-refractivity contribution in [1.29, 1.82) is 0 Å². The van der Waals surface area contributed by atoms with E-state index in [0.717, 1.165) is 0 Å². The molecule has 3 aromatic rings. The lowest BCUT2D eigenvalue weighted by Crippen LogP contribution is -2.30. The third-order valence-electron chi connectivity index (χ3n) is 4.49. The number of nitrogens with one attached hydrogen (secondary N) is 2. The van der Waals surface area contributed by atoms with Crippen molar-refractivity contribution in [3.05, 3.63) is 83.8 Å². The highest BCUT2D eigenvalue weighted by molar-refractivity contribution is 6.11. The lowest BCUT2D eigenvalue weighted by atomic mass is 10.1. The van der Waals surface area contributed by atoms with Crippen molar-refractivity contribution in [2.45, 2.75) is 0 Å². The Morgan fingerprint density at radius 3 is 2.31 bits per heavy atom. The number of methoxy groups -OCH3 is 3. The second kappa shape index (κ2) is 10.6. The average molecular weight is 433 g/mol. The fraction of sp³-hybridized carbons (Fsp3) is 0.125. The molecular weight excluding hydrogens is 410 g/mol. The molecule has 0 fully saturated rings. The minimum Gasteiger partial charge on any atom is -0.495 e. The Labute approximate surface area is 185 Å². The van der Waals surface area contributed by atoms with Gasteiger partial charge in [-0.05, 0) is 48.0 Å². The number of ether oxygens (including phenoxy) is 3. The molecule has 8 heteroatoms. The van der Waals surface area contributed by atoms with Crippen molar-refractivity contribution < 1.29 is 23.8 Å². The summed E-state index contributed by atoms with van der Waals surface area (Å²) in [4.78, 5) is 30.0. The normalized spacial score (nSPS) is 10.8. The predicted molar refractivity (Wildman–Crippen MR) is 121 cm³/mol. The van der Waals surface area contributed by atoms with Crippen LogP contribution in [0.25, 0.3) is 6.08 Å². The number of benzene rings is 2. The topological polar surface area (TPSA) is 98.8 Å². The maximum Gasteiger partial charge on any atom is 0.272 e. The third-order valence-corrected chi connectivity index (χ3v) is 4.49. The van der Waals surface area contributed by atoms with Crippen molar-refractivity contribution in [2.24, 2.45) is 0 Å². The first-order valence-electron chi connectivity index (χ1n) is 9.65. The van der Waals surface area contributed by atoms with Crippen LogP contribution in [0, 0.1) is 0 Å². The maximum atomic E-state index is 13.1. The first kappa shape index (κ1) is 22.4. The minimum atomic E-state index is -0.521. The summed E-state index contributed by atoms with van der Waals surface area (Å²) in [5.41, 5.74) is 1.44. The molecule has 0 aliphatic rings. The number of nitrogens with zero attached hydrogens (tertiary/aromatic N) is 1. The lowest BCUT2D eigenvalue weighted by Gasteiger charge is -2.14. The van der Waals surface area contributed by atoms with Gasteiger partial charge in [0.2, 0.25) is 0 Å². The van der Waals surface area contributed by atoms with Crippen LogP contribution in [0.2, 0.25) is 0 Å². The van der Waals surface area contributed by atoms with Gasteiger partial charge in [-0.3, -0.25) is 14.6 Å². The molecule has 32 heavy (non-hydrogen) atoms. The van der Waals surface area contributed by atoms with Gasteiger partial charge in [0.15, 0.2) is 11.5 Å². The third kappa shape index (κ3) is 5.42. The van der Waals surface area contributed by atoms with E-state index in [1.165, 1.54) is 33.5 Å². The summed E-state index contributed by atoms with van der Waals surface area (Å²) in [7, 11) is 4.50. The molecule has 0 aliphatic heterocycles. The highest BCUT2D eigenvalue weighted by Gasteiger charge is 2.18. The lowest BCUT2D eigenvalue weighted by molar-refractivity contribution is -0.113. The van der Waals surface area contributed by atoms with Crippen LogP contribution < -0.4 is 24.8 Å². The summed E-state index contributed by atoms with van der Waals surface area (Å²) in [6.45, 7) is 0. The smallest absolute Gasteiger partial charge is 0.272 e. The number of hydrogen-bond acceptors (Lipinski definition) is 6. The number of hydrogen-bond donors (Lipinski definition) is 2. The molecule has 1 heterocycles. The van der Waals surface area contributed by atoms with Crippen LogP contribution >= 0.6 is 0 Å². The molecule has 0 saturated heterocycles. The van der Waals surface area contributed by atoms with E-state index in [-0.39, 0.29) is 5.70 Å². The van der Waals surface area contributed by atoms with Crippen LogP contribution in [-0.2, 0) is 4.79 Å². The van der Waals surface area contributed by atoms with Crippen LogP contribution in [0.1, 0.15) is 15.9 Å². The van der Waals surface area contributed by atoms with E-state index in [1.54, 1.807) is 60.9 Å². The molecule has 2 aromatic carbocycles. The van der Waals surface area contributed by atoms with Gasteiger partial charge in [0.25, 0.3) is 11.8 Å². The van der Waals surface area contributed by atoms with Gasteiger partial charge in [0, 0.05) is 18.0 Å². The highest BCUT2D eigenvalue weighted by atomic mass is 16.5. The largest absolute Gasteiger partial charge is 0.495 e. The van der Waals surface area contributed by atoms with Gasteiger partial charge >= 0.3 is 0 Å². The number of para-hydroxylation sites is 2. The molecule has 2 amide bonds. The van der Waals surface area contributed by atoms with Crippen molar-refractivity contribution in [2.75, 3.05) is 26.6 Å². The van der Waals surface area contributed by atoms with E-state index in [4.69, 9.17) is 14.2 Å². The molecule has 1 aromatic heterocycles. The molecule has 8 nitrogen and oxygen atoms in total. The second-order valence-electron chi connectivity index (χ2n) is 6.52. The number of pyridine rings is 1. The van der Waals surface area contributed by atoms with E-state index >= 15 is 0 Å². The standard InChI is InChI=1S/C24H23N3O5/c1-30-20-9-5-4-8-18(20)26-24(29)19(13-16-7-6-12-25-15-16)27-23(28)17-10-11-21(31-2)22(14-17)32-3/h4-15H,1-3H3,(H,26,29)(H,27,28)/b19-13-. The van der Waals surface area contributed by atoms with E-state index in [0.29, 0.717) is 34.1 Å². The Bertz CT molecular complexity index is 1130. The van der Waals surface area contributed by atoms with Gasteiger partial charge in [-0.15, -0.1) is 0 Å². The van der Waals surface area contributed by atoms with Crippen molar-refractivity contribution >= 4 is 23.6 Å². The first-order valence-corrected chi connectivity index (χ1v) is 9.65. The SMILES string of the molecule is COc1ccccc1NC(=O)/C(=C/c1cccnc1)NC(=O)c1ccc(OC)c(OC)c1. The summed E-state index contributed by atoms with van der Waals surface area (Å²) in [6, 6.07) is 15.2. The van der Waals surface area contributed by atoms with E-state index in [2.05, 4.69) is 15.6 Å². The molecule has 164 valence electrons. The van der Waals surface area contributed by atoms with Crippen LogP contribution in [0.5, 0.6) is 17.2 Å². The molecule has 0 saturated carbocycles.